The highest BCUT2D eigenvalue weighted by Gasteiger charge is 2.46. The zero-order valence-corrected chi connectivity index (χ0v) is 17.6. The molecule has 0 spiro atoms. The fraction of sp³-hybridized carbons (Fsp3) is 0.238. The van der Waals surface area contributed by atoms with Crippen molar-refractivity contribution in [3.8, 4) is 0 Å². The molecule has 8 heteroatoms. The molecule has 0 fully saturated rings. The van der Waals surface area contributed by atoms with Crippen LogP contribution < -0.4 is 4.90 Å². The number of rotatable bonds is 4. The van der Waals surface area contributed by atoms with Crippen LogP contribution in [0.3, 0.4) is 0 Å². The van der Waals surface area contributed by atoms with E-state index in [9.17, 15) is 14.7 Å². The Balaban J connectivity index is 1.90. The predicted molar refractivity (Wildman–Crippen MR) is 113 cm³/mol. The molecule has 148 valence electrons. The van der Waals surface area contributed by atoms with Gasteiger partial charge in [-0.2, -0.15) is 0 Å². The minimum absolute atomic E-state index is 0.0529. The minimum Gasteiger partial charge on any atom is -0.503 e. The smallest absolute Gasteiger partial charge is 0.296 e. The van der Waals surface area contributed by atoms with Gasteiger partial charge in [0.25, 0.3) is 5.91 Å². The third-order valence-corrected chi connectivity index (χ3v) is 6.25. The first-order valence-corrected chi connectivity index (χ1v) is 10.3. The zero-order chi connectivity index (χ0) is 20.9. The van der Waals surface area contributed by atoms with Gasteiger partial charge < -0.3 is 5.11 Å². The third kappa shape index (κ3) is 3.20. The highest BCUT2D eigenvalue weighted by Crippen LogP contribution is 2.43. The molecule has 1 aromatic carbocycles. The topological polar surface area (TPSA) is 83.4 Å². The largest absolute Gasteiger partial charge is 0.503 e. The molecule has 1 N–H and O–H groups in total. The molecule has 1 unspecified atom stereocenters. The lowest BCUT2D eigenvalue weighted by Gasteiger charge is -2.24. The van der Waals surface area contributed by atoms with Crippen LogP contribution >= 0.6 is 22.9 Å². The summed E-state index contributed by atoms with van der Waals surface area (Å²) in [5.74, 6) is -1.89. The van der Waals surface area contributed by atoms with Crippen molar-refractivity contribution in [2.75, 3.05) is 4.90 Å². The number of pyridine rings is 1. The van der Waals surface area contributed by atoms with Gasteiger partial charge in [-0.3, -0.25) is 19.5 Å². The van der Waals surface area contributed by atoms with Crippen molar-refractivity contribution >= 4 is 50.0 Å². The SMILES string of the molecule is Cc1cc2sc(N3C(=O)C(O)=C(C(=O)C(C)C)C3c3ccccn3)nc2cc1Cl. The summed E-state index contributed by atoms with van der Waals surface area (Å²) < 4.78 is 0.859. The molecule has 1 amide bonds. The Kier molecular flexibility index (Phi) is 4.88. The molecule has 1 aliphatic heterocycles. The molecule has 3 heterocycles. The van der Waals surface area contributed by atoms with E-state index in [0.717, 1.165) is 10.3 Å². The number of aliphatic hydroxyl groups excluding tert-OH is 1. The van der Waals surface area contributed by atoms with Gasteiger partial charge in [0, 0.05) is 17.1 Å². The van der Waals surface area contributed by atoms with Crippen LogP contribution in [0, 0.1) is 12.8 Å². The van der Waals surface area contributed by atoms with Crippen LogP contribution in [-0.4, -0.2) is 26.8 Å². The second kappa shape index (κ2) is 7.24. The van der Waals surface area contributed by atoms with E-state index in [1.165, 1.54) is 16.2 Å². The number of fused-ring (bicyclic) bond motifs is 1. The fourth-order valence-electron chi connectivity index (χ4n) is 3.32. The number of nitrogens with zero attached hydrogens (tertiary/aromatic N) is 3. The molecule has 0 aliphatic carbocycles. The summed E-state index contributed by atoms with van der Waals surface area (Å²) in [6, 6.07) is 8.07. The van der Waals surface area contributed by atoms with Crippen LogP contribution in [0.1, 0.15) is 31.1 Å². The standard InChI is InChI=1S/C21H18ClN3O3S/c1-10(2)18(26)16-17(13-6-4-5-7-23-13)25(20(28)19(16)27)21-24-14-9-12(22)11(3)8-15(14)29-21/h4-10,17,27H,1-3H3. The van der Waals surface area contributed by atoms with Gasteiger partial charge in [0.2, 0.25) is 0 Å². The number of ketones is 1. The van der Waals surface area contributed by atoms with Crippen LogP contribution in [-0.2, 0) is 9.59 Å². The van der Waals surface area contributed by atoms with Gasteiger partial charge in [0.1, 0.15) is 6.04 Å². The molecule has 0 radical (unpaired) electrons. The number of carbonyl (C=O) groups excluding carboxylic acids is 2. The van der Waals surface area contributed by atoms with Gasteiger partial charge in [-0.05, 0) is 36.8 Å². The highest BCUT2D eigenvalue weighted by molar-refractivity contribution is 7.22. The van der Waals surface area contributed by atoms with Crippen LogP contribution in [0.4, 0.5) is 5.13 Å². The van der Waals surface area contributed by atoms with E-state index >= 15 is 0 Å². The highest BCUT2D eigenvalue weighted by atomic mass is 35.5. The van der Waals surface area contributed by atoms with Gasteiger partial charge in [0.05, 0.1) is 21.5 Å². The average Bonchev–Trinajstić information content (AvgIpc) is 3.20. The molecule has 0 bridgehead atoms. The maximum atomic E-state index is 13.0. The zero-order valence-electron chi connectivity index (χ0n) is 16.0. The summed E-state index contributed by atoms with van der Waals surface area (Å²) in [5, 5.41) is 11.6. The number of carbonyl (C=O) groups is 2. The van der Waals surface area contributed by atoms with E-state index < -0.39 is 17.7 Å². The summed E-state index contributed by atoms with van der Waals surface area (Å²) in [4.78, 5) is 36.1. The van der Waals surface area contributed by atoms with Crippen molar-refractivity contribution in [3.05, 3.63) is 64.1 Å². The summed E-state index contributed by atoms with van der Waals surface area (Å²) in [5.41, 5.74) is 2.09. The quantitative estimate of drug-likeness (QED) is 0.647. The van der Waals surface area contributed by atoms with Crippen molar-refractivity contribution in [1.29, 1.82) is 0 Å². The number of aromatic nitrogens is 2. The van der Waals surface area contributed by atoms with E-state index in [2.05, 4.69) is 9.97 Å². The number of aliphatic hydroxyl groups is 1. The van der Waals surface area contributed by atoms with Crippen LogP contribution in [0.5, 0.6) is 0 Å². The second-order valence-electron chi connectivity index (χ2n) is 7.18. The molecule has 0 saturated carbocycles. The number of amides is 1. The molecule has 4 rings (SSSR count). The lowest BCUT2D eigenvalue weighted by Crippen LogP contribution is -2.31. The van der Waals surface area contributed by atoms with Crippen molar-refractivity contribution in [2.24, 2.45) is 5.92 Å². The maximum absolute atomic E-state index is 13.0. The van der Waals surface area contributed by atoms with Gasteiger partial charge in [0.15, 0.2) is 16.7 Å². The van der Waals surface area contributed by atoms with E-state index in [1.54, 1.807) is 44.3 Å². The fourth-order valence-corrected chi connectivity index (χ4v) is 4.55. The average molecular weight is 428 g/mol. The molecular formula is C21H18ClN3O3S. The van der Waals surface area contributed by atoms with Gasteiger partial charge >= 0.3 is 0 Å². The summed E-state index contributed by atoms with van der Waals surface area (Å²) in [6.45, 7) is 5.35. The Hall–Kier alpha value is -2.77. The number of hydrogen-bond donors (Lipinski definition) is 1. The van der Waals surface area contributed by atoms with E-state index in [4.69, 9.17) is 11.6 Å². The first-order valence-electron chi connectivity index (χ1n) is 9.08. The normalized spacial score (nSPS) is 17.1. The summed E-state index contributed by atoms with van der Waals surface area (Å²) in [7, 11) is 0. The Morgan fingerprint density at radius 3 is 2.72 bits per heavy atom. The lowest BCUT2D eigenvalue weighted by atomic mass is 9.94. The van der Waals surface area contributed by atoms with Gasteiger partial charge in [-0.15, -0.1) is 0 Å². The number of thiazole rings is 1. The molecule has 3 aromatic rings. The molecule has 1 aliphatic rings. The van der Waals surface area contributed by atoms with Crippen LogP contribution in [0.25, 0.3) is 10.2 Å². The first kappa shape index (κ1) is 19.5. The number of benzene rings is 1. The Labute approximate surface area is 176 Å². The van der Waals surface area contributed by atoms with E-state index in [1.807, 2.05) is 13.0 Å². The number of anilines is 1. The Bertz CT molecular complexity index is 1130. The number of halogens is 1. The lowest BCUT2D eigenvalue weighted by molar-refractivity contribution is -0.119. The third-order valence-electron chi connectivity index (χ3n) is 4.83. The summed E-state index contributed by atoms with van der Waals surface area (Å²) >= 11 is 7.52. The molecule has 29 heavy (non-hydrogen) atoms. The van der Waals surface area contributed by atoms with Gasteiger partial charge in [-0.1, -0.05) is 42.9 Å². The molecule has 6 nitrogen and oxygen atoms in total. The second-order valence-corrected chi connectivity index (χ2v) is 8.60. The Morgan fingerprint density at radius 1 is 1.31 bits per heavy atom. The number of aryl methyl sites for hydroxylation is 1. The van der Waals surface area contributed by atoms with E-state index in [0.29, 0.717) is 21.4 Å². The predicted octanol–water partition coefficient (Wildman–Crippen LogP) is 4.78. The summed E-state index contributed by atoms with van der Waals surface area (Å²) in [6.07, 6.45) is 1.59. The number of hydrogen-bond acceptors (Lipinski definition) is 6. The monoisotopic (exact) mass is 427 g/mol. The number of Topliss-reactive ketones (excluding diaryl/α,β-unsaturated/α-hetero) is 1. The Morgan fingerprint density at radius 2 is 2.07 bits per heavy atom. The molecular weight excluding hydrogens is 410 g/mol. The van der Waals surface area contributed by atoms with Crippen molar-refractivity contribution in [1.82, 2.24) is 9.97 Å². The van der Waals surface area contributed by atoms with Crippen molar-refractivity contribution in [3.63, 3.8) is 0 Å². The van der Waals surface area contributed by atoms with Crippen molar-refractivity contribution < 1.29 is 14.7 Å². The van der Waals surface area contributed by atoms with Crippen molar-refractivity contribution in [2.45, 2.75) is 26.8 Å². The van der Waals surface area contributed by atoms with Gasteiger partial charge in [-0.25, -0.2) is 4.98 Å². The van der Waals surface area contributed by atoms with E-state index in [-0.39, 0.29) is 17.3 Å². The molecule has 1 atom stereocenters. The first-order chi connectivity index (χ1) is 13.8. The minimum atomic E-state index is -0.837. The van der Waals surface area contributed by atoms with Crippen LogP contribution in [0.15, 0.2) is 47.9 Å². The molecule has 0 saturated heterocycles. The van der Waals surface area contributed by atoms with Crippen LogP contribution in [0.2, 0.25) is 5.02 Å². The maximum Gasteiger partial charge on any atom is 0.296 e. The molecule has 2 aromatic heterocycles.